The van der Waals surface area contributed by atoms with Crippen LogP contribution >= 0.6 is 24.8 Å². The molecule has 0 saturated carbocycles. The minimum Gasteiger partial charge on any atom is -0.399 e. The van der Waals surface area contributed by atoms with Crippen molar-refractivity contribution in [3.05, 3.63) is 54.2 Å². The molecule has 0 aliphatic carbocycles. The summed E-state index contributed by atoms with van der Waals surface area (Å²) in [5, 5.41) is 3.09. The molecule has 5 nitrogen and oxygen atoms in total. The summed E-state index contributed by atoms with van der Waals surface area (Å²) < 4.78 is 0. The van der Waals surface area contributed by atoms with E-state index in [9.17, 15) is 4.79 Å². The number of carbonyl (C=O) groups is 1. The van der Waals surface area contributed by atoms with E-state index in [4.69, 9.17) is 5.73 Å². The highest BCUT2D eigenvalue weighted by Crippen LogP contribution is 2.17. The third-order valence-electron chi connectivity index (χ3n) is 3.95. The van der Waals surface area contributed by atoms with Crippen LogP contribution in [0, 0.1) is 0 Å². The van der Waals surface area contributed by atoms with E-state index in [0.29, 0.717) is 11.3 Å². The number of hydrogen-bond acceptors (Lipinski definition) is 4. The Bertz CT molecular complexity index is 646. The molecular formula is C17H22Cl2N4O. The maximum atomic E-state index is 12.2. The number of nitrogens with two attached hydrogens (primary N) is 1. The summed E-state index contributed by atoms with van der Waals surface area (Å²) in [7, 11) is 0. The fourth-order valence-electron chi connectivity index (χ4n) is 2.74. The van der Waals surface area contributed by atoms with Crippen LogP contribution in [0.15, 0.2) is 48.7 Å². The Hall–Kier alpha value is -1.98. The number of rotatable bonds is 3. The normalized spacial score (nSPS) is 14.2. The van der Waals surface area contributed by atoms with Crippen molar-refractivity contribution in [1.82, 2.24) is 10.3 Å². The van der Waals surface area contributed by atoms with E-state index in [2.05, 4.69) is 15.2 Å². The molecule has 0 radical (unpaired) electrons. The molecule has 3 N–H and O–H groups in total. The zero-order valence-corrected chi connectivity index (χ0v) is 14.9. The van der Waals surface area contributed by atoms with E-state index in [0.717, 1.165) is 31.7 Å². The number of pyridine rings is 1. The molecule has 3 rings (SSSR count). The lowest BCUT2D eigenvalue weighted by Gasteiger charge is -2.33. The van der Waals surface area contributed by atoms with Gasteiger partial charge >= 0.3 is 0 Å². The number of carbonyl (C=O) groups excluding carboxylic acids is 1. The average molecular weight is 369 g/mol. The van der Waals surface area contributed by atoms with Crippen molar-refractivity contribution >= 4 is 42.2 Å². The first kappa shape index (κ1) is 20.1. The molecule has 0 unspecified atom stereocenters. The number of amides is 1. The number of benzene rings is 1. The van der Waals surface area contributed by atoms with Gasteiger partial charge in [-0.3, -0.25) is 4.79 Å². The highest BCUT2D eigenvalue weighted by atomic mass is 35.5. The minimum atomic E-state index is -0.0522. The Morgan fingerprint density at radius 3 is 2.50 bits per heavy atom. The summed E-state index contributed by atoms with van der Waals surface area (Å²) in [5.74, 6) is 0.951. The summed E-state index contributed by atoms with van der Waals surface area (Å²) in [6.45, 7) is 1.80. The van der Waals surface area contributed by atoms with Crippen LogP contribution in [-0.4, -0.2) is 30.0 Å². The topological polar surface area (TPSA) is 71.2 Å². The second-order valence-corrected chi connectivity index (χ2v) is 5.55. The highest BCUT2D eigenvalue weighted by molar-refractivity contribution is 5.95. The van der Waals surface area contributed by atoms with Crippen LogP contribution in [0.1, 0.15) is 23.2 Å². The molecule has 0 atom stereocenters. The Kier molecular flexibility index (Phi) is 7.82. The fourth-order valence-corrected chi connectivity index (χ4v) is 2.74. The van der Waals surface area contributed by atoms with Crippen LogP contribution < -0.4 is 16.0 Å². The van der Waals surface area contributed by atoms with Crippen LogP contribution in [0.25, 0.3) is 0 Å². The van der Waals surface area contributed by atoms with Crippen molar-refractivity contribution in [2.45, 2.75) is 18.9 Å². The number of anilines is 2. The number of nitrogens with zero attached hydrogens (tertiary/aromatic N) is 2. The molecular weight excluding hydrogens is 347 g/mol. The number of piperidine rings is 1. The molecule has 1 aromatic carbocycles. The zero-order valence-electron chi connectivity index (χ0n) is 13.2. The second kappa shape index (κ2) is 9.35. The van der Waals surface area contributed by atoms with E-state index in [-0.39, 0.29) is 36.8 Å². The van der Waals surface area contributed by atoms with E-state index >= 15 is 0 Å². The Morgan fingerprint density at radius 2 is 1.88 bits per heavy atom. The number of aromatic nitrogens is 1. The largest absolute Gasteiger partial charge is 0.399 e. The molecule has 130 valence electrons. The van der Waals surface area contributed by atoms with Gasteiger partial charge in [-0.15, -0.1) is 24.8 Å². The standard InChI is InChI=1S/C17H20N4O.2ClH/c18-14-5-3-4-13(12-14)17(22)20-15-7-10-21(11-8-15)16-6-1-2-9-19-16;;/h1-6,9,12,15H,7-8,10-11,18H2,(H,20,22);2*1H. The average Bonchev–Trinajstić information content (AvgIpc) is 2.56. The van der Waals surface area contributed by atoms with Crippen LogP contribution in [0.5, 0.6) is 0 Å². The van der Waals surface area contributed by atoms with Crippen molar-refractivity contribution in [1.29, 1.82) is 0 Å². The van der Waals surface area contributed by atoms with Gasteiger partial charge < -0.3 is 16.0 Å². The van der Waals surface area contributed by atoms with Gasteiger partial charge in [-0.25, -0.2) is 4.98 Å². The maximum absolute atomic E-state index is 12.2. The molecule has 1 fully saturated rings. The smallest absolute Gasteiger partial charge is 0.251 e. The van der Waals surface area contributed by atoms with Crippen molar-refractivity contribution in [3.8, 4) is 0 Å². The molecule has 0 spiro atoms. The van der Waals surface area contributed by atoms with Crippen LogP contribution in [0.3, 0.4) is 0 Å². The van der Waals surface area contributed by atoms with Gasteiger partial charge in [0.05, 0.1) is 0 Å². The predicted octanol–water partition coefficient (Wildman–Crippen LogP) is 2.91. The van der Waals surface area contributed by atoms with Gasteiger partial charge in [0.25, 0.3) is 5.91 Å². The molecule has 2 heterocycles. The number of hydrogen-bond donors (Lipinski definition) is 2. The second-order valence-electron chi connectivity index (χ2n) is 5.55. The molecule has 7 heteroatoms. The van der Waals surface area contributed by atoms with Crippen LogP contribution in [-0.2, 0) is 0 Å². The van der Waals surface area contributed by atoms with E-state index in [1.165, 1.54) is 0 Å². The van der Waals surface area contributed by atoms with Gasteiger partial charge in [0.2, 0.25) is 0 Å². The van der Waals surface area contributed by atoms with E-state index < -0.39 is 0 Å². The summed E-state index contributed by atoms with van der Waals surface area (Å²) in [6, 6.07) is 13.2. The van der Waals surface area contributed by atoms with Crippen molar-refractivity contribution in [3.63, 3.8) is 0 Å². The van der Waals surface area contributed by atoms with Gasteiger partial charge in [-0.1, -0.05) is 12.1 Å². The zero-order chi connectivity index (χ0) is 15.4. The third kappa shape index (κ3) is 5.01. The number of halogens is 2. The molecule has 2 aromatic rings. The van der Waals surface area contributed by atoms with Gasteiger partial charge in [-0.05, 0) is 43.2 Å². The first-order chi connectivity index (χ1) is 10.7. The monoisotopic (exact) mass is 368 g/mol. The van der Waals surface area contributed by atoms with E-state index in [1.54, 1.807) is 24.3 Å². The van der Waals surface area contributed by atoms with Gasteiger partial charge in [0, 0.05) is 36.6 Å². The molecule has 1 aromatic heterocycles. The first-order valence-electron chi connectivity index (χ1n) is 7.55. The van der Waals surface area contributed by atoms with Crippen LogP contribution in [0.2, 0.25) is 0 Å². The summed E-state index contributed by atoms with van der Waals surface area (Å²) >= 11 is 0. The highest BCUT2D eigenvalue weighted by Gasteiger charge is 2.21. The first-order valence-corrected chi connectivity index (χ1v) is 7.55. The summed E-state index contributed by atoms with van der Waals surface area (Å²) in [6.07, 6.45) is 3.65. The Labute approximate surface area is 154 Å². The van der Waals surface area contributed by atoms with E-state index in [1.807, 2.05) is 24.4 Å². The van der Waals surface area contributed by atoms with Crippen molar-refractivity contribution in [2.24, 2.45) is 0 Å². The quantitative estimate of drug-likeness (QED) is 0.817. The Balaban J connectivity index is 0.00000144. The fraction of sp³-hybridized carbons (Fsp3) is 0.294. The molecule has 1 aliphatic heterocycles. The lowest BCUT2D eigenvalue weighted by molar-refractivity contribution is 0.0931. The minimum absolute atomic E-state index is 0. The maximum Gasteiger partial charge on any atom is 0.251 e. The van der Waals surface area contributed by atoms with Gasteiger partial charge in [-0.2, -0.15) is 0 Å². The lowest BCUT2D eigenvalue weighted by Crippen LogP contribution is -2.44. The third-order valence-corrected chi connectivity index (χ3v) is 3.95. The molecule has 0 bridgehead atoms. The van der Waals surface area contributed by atoms with Crippen molar-refractivity contribution < 1.29 is 4.79 Å². The number of nitrogen functional groups attached to an aromatic ring is 1. The molecule has 1 aliphatic rings. The SMILES string of the molecule is Cl.Cl.Nc1cccc(C(=O)NC2CCN(c3ccccn3)CC2)c1. The summed E-state index contributed by atoms with van der Waals surface area (Å²) in [4.78, 5) is 18.8. The lowest BCUT2D eigenvalue weighted by atomic mass is 10.0. The van der Waals surface area contributed by atoms with Gasteiger partial charge in [0.15, 0.2) is 0 Å². The molecule has 1 amide bonds. The predicted molar refractivity (Wildman–Crippen MR) is 102 cm³/mol. The Morgan fingerprint density at radius 1 is 1.12 bits per heavy atom. The summed E-state index contributed by atoms with van der Waals surface area (Å²) in [5.41, 5.74) is 6.95. The van der Waals surface area contributed by atoms with Crippen molar-refractivity contribution in [2.75, 3.05) is 23.7 Å². The van der Waals surface area contributed by atoms with Gasteiger partial charge in [0.1, 0.15) is 5.82 Å². The molecule has 24 heavy (non-hydrogen) atoms. The molecule has 1 saturated heterocycles. The number of nitrogens with one attached hydrogen (secondary N) is 1. The van der Waals surface area contributed by atoms with Crippen LogP contribution in [0.4, 0.5) is 11.5 Å².